The molecule has 2 aromatic rings. The highest BCUT2D eigenvalue weighted by atomic mass is 35.5. The second-order valence-electron chi connectivity index (χ2n) is 6.80. The Morgan fingerprint density at radius 2 is 1.93 bits per heavy atom. The van der Waals surface area contributed by atoms with Gasteiger partial charge in [-0.2, -0.15) is 0 Å². The van der Waals surface area contributed by atoms with Crippen LogP contribution in [0.3, 0.4) is 0 Å². The number of hydrogen-bond donors (Lipinski definition) is 0. The quantitative estimate of drug-likeness (QED) is 0.546. The third-order valence-electron chi connectivity index (χ3n) is 4.68. The van der Waals surface area contributed by atoms with Crippen molar-refractivity contribution in [3.63, 3.8) is 0 Å². The topological polar surface area (TPSA) is 75.9 Å². The molecule has 0 aliphatic carbocycles. The summed E-state index contributed by atoms with van der Waals surface area (Å²) in [5, 5.41) is 11.3. The summed E-state index contributed by atoms with van der Waals surface area (Å²) in [5.41, 5.74) is 2.25. The standard InChI is InChI=1S/C20H22ClN3O4/c1-15-3-2-4-16(11-15)13-22-7-9-23(10-8-22)20(25)14-28-19-6-5-17(21)12-18(19)24(26)27/h2-6,11-12H,7-10,13-14H2,1H3. The Balaban J connectivity index is 1.50. The molecule has 28 heavy (non-hydrogen) atoms. The van der Waals surface area contributed by atoms with E-state index in [9.17, 15) is 14.9 Å². The molecule has 0 radical (unpaired) electrons. The molecule has 8 heteroatoms. The number of nitro benzene ring substituents is 1. The summed E-state index contributed by atoms with van der Waals surface area (Å²) in [6.07, 6.45) is 0. The average molecular weight is 404 g/mol. The molecule has 1 aliphatic rings. The lowest BCUT2D eigenvalue weighted by molar-refractivity contribution is -0.385. The molecule has 0 atom stereocenters. The zero-order chi connectivity index (χ0) is 20.1. The fraction of sp³-hybridized carbons (Fsp3) is 0.350. The molecule has 0 N–H and O–H groups in total. The lowest BCUT2D eigenvalue weighted by Gasteiger charge is -2.34. The molecule has 148 valence electrons. The molecular formula is C20H22ClN3O4. The van der Waals surface area contributed by atoms with Gasteiger partial charge in [0.2, 0.25) is 0 Å². The molecule has 0 aromatic heterocycles. The number of nitrogens with zero attached hydrogens (tertiary/aromatic N) is 3. The van der Waals surface area contributed by atoms with Gasteiger partial charge in [0.1, 0.15) is 0 Å². The largest absolute Gasteiger partial charge is 0.477 e. The number of carbonyl (C=O) groups excluding carboxylic acids is 1. The van der Waals surface area contributed by atoms with Crippen LogP contribution in [0.15, 0.2) is 42.5 Å². The van der Waals surface area contributed by atoms with Crippen LogP contribution >= 0.6 is 11.6 Å². The number of halogens is 1. The SMILES string of the molecule is Cc1cccc(CN2CCN(C(=O)COc3ccc(Cl)cc3[N+](=O)[O-])CC2)c1. The molecule has 1 fully saturated rings. The summed E-state index contributed by atoms with van der Waals surface area (Å²) >= 11 is 5.79. The lowest BCUT2D eigenvalue weighted by Crippen LogP contribution is -2.49. The van der Waals surface area contributed by atoms with Crippen LogP contribution in [-0.4, -0.2) is 53.4 Å². The minimum atomic E-state index is -0.574. The number of hydrogen-bond acceptors (Lipinski definition) is 5. The molecule has 2 aromatic carbocycles. The molecule has 0 spiro atoms. The number of amides is 1. The van der Waals surface area contributed by atoms with Crippen molar-refractivity contribution in [3.05, 3.63) is 68.7 Å². The van der Waals surface area contributed by atoms with Crippen molar-refractivity contribution < 1.29 is 14.5 Å². The monoisotopic (exact) mass is 403 g/mol. The molecule has 1 aliphatic heterocycles. The molecule has 0 unspecified atom stereocenters. The Morgan fingerprint density at radius 1 is 1.18 bits per heavy atom. The first-order chi connectivity index (χ1) is 13.4. The van der Waals surface area contributed by atoms with Crippen molar-refractivity contribution in [3.8, 4) is 5.75 Å². The van der Waals surface area contributed by atoms with Crippen LogP contribution in [0, 0.1) is 17.0 Å². The van der Waals surface area contributed by atoms with E-state index in [1.807, 2.05) is 0 Å². The number of benzene rings is 2. The van der Waals surface area contributed by atoms with Gasteiger partial charge in [-0.3, -0.25) is 19.8 Å². The van der Waals surface area contributed by atoms with Crippen LogP contribution in [0.25, 0.3) is 0 Å². The number of aryl methyl sites for hydroxylation is 1. The Bertz CT molecular complexity index is 866. The van der Waals surface area contributed by atoms with E-state index >= 15 is 0 Å². The van der Waals surface area contributed by atoms with Gasteiger partial charge in [-0.15, -0.1) is 0 Å². The van der Waals surface area contributed by atoms with Gasteiger partial charge >= 0.3 is 5.69 Å². The summed E-state index contributed by atoms with van der Waals surface area (Å²) in [6.45, 7) is 5.47. The molecule has 7 nitrogen and oxygen atoms in total. The molecule has 1 amide bonds. The second kappa shape index (κ2) is 9.03. The van der Waals surface area contributed by atoms with E-state index in [2.05, 4.69) is 36.1 Å². The van der Waals surface area contributed by atoms with Gasteiger partial charge in [-0.1, -0.05) is 41.4 Å². The summed E-state index contributed by atoms with van der Waals surface area (Å²) in [5.74, 6) is -0.139. The minimum absolute atomic E-state index is 0.0424. The van der Waals surface area contributed by atoms with Crippen molar-refractivity contribution in [2.75, 3.05) is 32.8 Å². The minimum Gasteiger partial charge on any atom is -0.477 e. The summed E-state index contributed by atoms with van der Waals surface area (Å²) in [7, 11) is 0. The zero-order valence-electron chi connectivity index (χ0n) is 15.6. The van der Waals surface area contributed by atoms with Crippen LogP contribution in [0.2, 0.25) is 5.02 Å². The number of carbonyl (C=O) groups is 1. The van der Waals surface area contributed by atoms with E-state index in [0.29, 0.717) is 13.1 Å². The first kappa shape index (κ1) is 20.1. The van der Waals surface area contributed by atoms with Gasteiger partial charge in [0, 0.05) is 43.8 Å². The zero-order valence-corrected chi connectivity index (χ0v) is 16.4. The van der Waals surface area contributed by atoms with Crippen molar-refractivity contribution in [2.45, 2.75) is 13.5 Å². The van der Waals surface area contributed by atoms with Crippen molar-refractivity contribution >= 4 is 23.2 Å². The van der Waals surface area contributed by atoms with Gasteiger partial charge in [-0.25, -0.2) is 0 Å². The van der Waals surface area contributed by atoms with Gasteiger partial charge in [0.05, 0.1) is 4.92 Å². The van der Waals surface area contributed by atoms with Crippen LogP contribution < -0.4 is 4.74 Å². The first-order valence-corrected chi connectivity index (χ1v) is 9.42. The maximum absolute atomic E-state index is 12.4. The number of piperazine rings is 1. The smallest absolute Gasteiger partial charge is 0.312 e. The predicted octanol–water partition coefficient (Wildman–Crippen LogP) is 3.28. The van der Waals surface area contributed by atoms with Crippen molar-refractivity contribution in [1.29, 1.82) is 0 Å². The van der Waals surface area contributed by atoms with Crippen LogP contribution in [0.1, 0.15) is 11.1 Å². The highest BCUT2D eigenvalue weighted by Gasteiger charge is 2.23. The Labute approximate surface area is 168 Å². The Morgan fingerprint density at radius 3 is 2.61 bits per heavy atom. The summed E-state index contributed by atoms with van der Waals surface area (Å²) < 4.78 is 5.40. The summed E-state index contributed by atoms with van der Waals surface area (Å²) in [4.78, 5) is 27.0. The van der Waals surface area contributed by atoms with E-state index in [-0.39, 0.29) is 29.0 Å². The van der Waals surface area contributed by atoms with Crippen molar-refractivity contribution in [2.24, 2.45) is 0 Å². The van der Waals surface area contributed by atoms with Gasteiger partial charge < -0.3 is 9.64 Å². The Hall–Kier alpha value is -2.64. The molecule has 1 saturated heterocycles. The third kappa shape index (κ3) is 5.21. The molecule has 1 heterocycles. The van der Waals surface area contributed by atoms with E-state index in [0.717, 1.165) is 19.6 Å². The molecule has 0 bridgehead atoms. The maximum Gasteiger partial charge on any atom is 0.312 e. The maximum atomic E-state index is 12.4. The van der Waals surface area contributed by atoms with Crippen LogP contribution in [0.4, 0.5) is 5.69 Å². The highest BCUT2D eigenvalue weighted by molar-refractivity contribution is 6.30. The van der Waals surface area contributed by atoms with Gasteiger partial charge in [-0.05, 0) is 24.6 Å². The van der Waals surface area contributed by atoms with Crippen molar-refractivity contribution in [1.82, 2.24) is 9.80 Å². The van der Waals surface area contributed by atoms with E-state index in [4.69, 9.17) is 16.3 Å². The first-order valence-electron chi connectivity index (χ1n) is 9.05. The predicted molar refractivity (Wildman–Crippen MR) is 107 cm³/mol. The number of ether oxygens (including phenoxy) is 1. The molecular weight excluding hydrogens is 382 g/mol. The molecule has 0 saturated carbocycles. The van der Waals surface area contributed by atoms with E-state index in [1.165, 1.54) is 29.3 Å². The highest BCUT2D eigenvalue weighted by Crippen LogP contribution is 2.29. The second-order valence-corrected chi connectivity index (χ2v) is 7.24. The number of rotatable bonds is 6. The Kier molecular flexibility index (Phi) is 6.49. The third-order valence-corrected chi connectivity index (χ3v) is 4.92. The summed E-state index contributed by atoms with van der Waals surface area (Å²) in [6, 6.07) is 12.5. The van der Waals surface area contributed by atoms with E-state index < -0.39 is 4.92 Å². The fourth-order valence-electron chi connectivity index (χ4n) is 3.21. The molecule has 3 rings (SSSR count). The average Bonchev–Trinajstić information content (AvgIpc) is 2.67. The number of nitro groups is 1. The van der Waals surface area contributed by atoms with Crippen LogP contribution in [0.5, 0.6) is 5.75 Å². The van der Waals surface area contributed by atoms with E-state index in [1.54, 1.807) is 4.90 Å². The fourth-order valence-corrected chi connectivity index (χ4v) is 3.38. The van der Waals surface area contributed by atoms with Gasteiger partial charge in [0.15, 0.2) is 12.4 Å². The van der Waals surface area contributed by atoms with Crippen LogP contribution in [-0.2, 0) is 11.3 Å². The lowest BCUT2D eigenvalue weighted by atomic mass is 10.1. The normalized spacial score (nSPS) is 14.7. The van der Waals surface area contributed by atoms with Gasteiger partial charge in [0.25, 0.3) is 5.91 Å².